The van der Waals surface area contributed by atoms with Crippen LogP contribution in [0.25, 0.3) is 0 Å². The zero-order valence-corrected chi connectivity index (χ0v) is 11.0. The number of hydrogen-bond donors (Lipinski definition) is 1. The average molecular weight is 247 g/mol. The molecule has 0 aliphatic heterocycles. The van der Waals surface area contributed by atoms with E-state index in [0.717, 1.165) is 23.5 Å². The zero-order chi connectivity index (χ0) is 13.1. The van der Waals surface area contributed by atoms with Gasteiger partial charge in [0.25, 0.3) is 0 Å². The summed E-state index contributed by atoms with van der Waals surface area (Å²) in [6, 6.07) is 9.07. The molecule has 1 aromatic heterocycles. The van der Waals surface area contributed by atoms with E-state index in [9.17, 15) is 4.39 Å². The molecule has 18 heavy (non-hydrogen) atoms. The first kappa shape index (κ1) is 12.8. The zero-order valence-electron chi connectivity index (χ0n) is 11.0. The Hall–Kier alpha value is -1.61. The van der Waals surface area contributed by atoms with Gasteiger partial charge in [-0.25, -0.2) is 4.39 Å². The van der Waals surface area contributed by atoms with E-state index in [0.29, 0.717) is 5.56 Å². The second kappa shape index (κ2) is 5.36. The first-order chi connectivity index (χ1) is 8.65. The summed E-state index contributed by atoms with van der Waals surface area (Å²) in [4.78, 5) is 0. The van der Waals surface area contributed by atoms with E-state index >= 15 is 0 Å². The summed E-state index contributed by atoms with van der Waals surface area (Å²) < 4.78 is 19.3. The first-order valence-corrected chi connectivity index (χ1v) is 6.17. The number of nitrogens with one attached hydrogen (secondary N) is 1. The van der Waals surface area contributed by atoms with Gasteiger partial charge in [0.05, 0.1) is 6.04 Å². The molecule has 1 atom stereocenters. The van der Waals surface area contributed by atoms with Gasteiger partial charge in [-0.2, -0.15) is 0 Å². The van der Waals surface area contributed by atoms with Crippen LogP contribution in [0.5, 0.6) is 0 Å². The standard InChI is InChI=1S/C15H18FNO/c1-4-12-7-8-14(18-12)15(17-3)11-6-5-10(2)13(16)9-11/h5-9,15,17H,4H2,1-3H3. The van der Waals surface area contributed by atoms with Crippen molar-refractivity contribution in [3.63, 3.8) is 0 Å². The molecular weight excluding hydrogens is 229 g/mol. The third-order valence-corrected chi connectivity index (χ3v) is 3.13. The van der Waals surface area contributed by atoms with Crippen LogP contribution in [-0.2, 0) is 6.42 Å². The smallest absolute Gasteiger partial charge is 0.126 e. The molecule has 0 aliphatic carbocycles. The first-order valence-electron chi connectivity index (χ1n) is 6.17. The molecule has 1 N–H and O–H groups in total. The van der Waals surface area contributed by atoms with Gasteiger partial charge in [0.1, 0.15) is 17.3 Å². The molecule has 2 aromatic rings. The number of benzene rings is 1. The SMILES string of the molecule is CCc1ccc(C(NC)c2ccc(C)c(F)c2)o1. The van der Waals surface area contributed by atoms with Crippen molar-refractivity contribution in [2.75, 3.05) is 7.05 Å². The van der Waals surface area contributed by atoms with Gasteiger partial charge in [-0.05, 0) is 43.3 Å². The maximum atomic E-state index is 13.6. The van der Waals surface area contributed by atoms with Crippen LogP contribution in [0.15, 0.2) is 34.7 Å². The lowest BCUT2D eigenvalue weighted by Crippen LogP contribution is -2.17. The topological polar surface area (TPSA) is 25.2 Å². The van der Waals surface area contributed by atoms with Gasteiger partial charge >= 0.3 is 0 Å². The Balaban J connectivity index is 2.35. The van der Waals surface area contributed by atoms with Crippen molar-refractivity contribution >= 4 is 0 Å². The van der Waals surface area contributed by atoms with Crippen LogP contribution in [-0.4, -0.2) is 7.05 Å². The molecule has 0 bridgehead atoms. The van der Waals surface area contributed by atoms with E-state index in [1.807, 2.05) is 32.2 Å². The van der Waals surface area contributed by atoms with E-state index in [2.05, 4.69) is 5.32 Å². The van der Waals surface area contributed by atoms with Crippen LogP contribution >= 0.6 is 0 Å². The minimum atomic E-state index is -0.185. The molecular formula is C15H18FNO. The Bertz CT molecular complexity index is 533. The van der Waals surface area contributed by atoms with Crippen molar-refractivity contribution < 1.29 is 8.81 Å². The highest BCUT2D eigenvalue weighted by atomic mass is 19.1. The second-order valence-corrected chi connectivity index (χ2v) is 4.39. The normalized spacial score (nSPS) is 12.7. The van der Waals surface area contributed by atoms with Gasteiger partial charge in [-0.3, -0.25) is 0 Å². The van der Waals surface area contributed by atoms with Gasteiger partial charge in [0, 0.05) is 6.42 Å². The van der Waals surface area contributed by atoms with Crippen LogP contribution in [0.3, 0.4) is 0 Å². The minimum absolute atomic E-state index is 0.111. The highest BCUT2D eigenvalue weighted by Gasteiger charge is 2.16. The summed E-state index contributed by atoms with van der Waals surface area (Å²) in [6.07, 6.45) is 0.860. The predicted molar refractivity (Wildman–Crippen MR) is 70.1 cm³/mol. The molecule has 0 saturated carbocycles. The van der Waals surface area contributed by atoms with Gasteiger partial charge < -0.3 is 9.73 Å². The van der Waals surface area contributed by atoms with Gasteiger partial charge in [-0.1, -0.05) is 19.1 Å². The predicted octanol–water partition coefficient (Wildman–Crippen LogP) is 3.60. The Morgan fingerprint density at radius 1 is 1.28 bits per heavy atom. The molecule has 96 valence electrons. The fourth-order valence-corrected chi connectivity index (χ4v) is 2.00. The molecule has 1 aromatic carbocycles. The van der Waals surface area contributed by atoms with E-state index in [-0.39, 0.29) is 11.9 Å². The van der Waals surface area contributed by atoms with Crippen LogP contribution in [0.1, 0.15) is 35.6 Å². The number of aryl methyl sites for hydroxylation is 2. The van der Waals surface area contributed by atoms with E-state index in [4.69, 9.17) is 4.42 Å². The van der Waals surface area contributed by atoms with Crippen LogP contribution in [0.2, 0.25) is 0 Å². The van der Waals surface area contributed by atoms with Gasteiger partial charge in [0.2, 0.25) is 0 Å². The van der Waals surface area contributed by atoms with Crippen molar-refractivity contribution in [2.24, 2.45) is 0 Å². The summed E-state index contributed by atoms with van der Waals surface area (Å²) >= 11 is 0. The van der Waals surface area contributed by atoms with E-state index < -0.39 is 0 Å². The molecule has 0 saturated heterocycles. The third kappa shape index (κ3) is 2.46. The van der Waals surface area contributed by atoms with Crippen molar-refractivity contribution in [3.05, 3.63) is 58.8 Å². The maximum absolute atomic E-state index is 13.6. The van der Waals surface area contributed by atoms with Gasteiger partial charge in [0.15, 0.2) is 0 Å². The molecule has 0 radical (unpaired) electrons. The lowest BCUT2D eigenvalue weighted by molar-refractivity contribution is 0.433. The van der Waals surface area contributed by atoms with Crippen LogP contribution in [0.4, 0.5) is 4.39 Å². The Labute approximate surface area is 107 Å². The lowest BCUT2D eigenvalue weighted by atomic mass is 10.0. The van der Waals surface area contributed by atoms with Gasteiger partial charge in [-0.15, -0.1) is 0 Å². The van der Waals surface area contributed by atoms with Crippen LogP contribution < -0.4 is 5.32 Å². The molecule has 0 amide bonds. The second-order valence-electron chi connectivity index (χ2n) is 4.39. The summed E-state index contributed by atoms with van der Waals surface area (Å²) in [5, 5.41) is 3.16. The van der Waals surface area contributed by atoms with Crippen LogP contribution in [0, 0.1) is 12.7 Å². The minimum Gasteiger partial charge on any atom is -0.464 e. The fourth-order valence-electron chi connectivity index (χ4n) is 2.00. The molecule has 1 unspecified atom stereocenters. The third-order valence-electron chi connectivity index (χ3n) is 3.13. The van der Waals surface area contributed by atoms with Crippen molar-refractivity contribution in [3.8, 4) is 0 Å². The largest absolute Gasteiger partial charge is 0.464 e. The maximum Gasteiger partial charge on any atom is 0.126 e. The molecule has 0 spiro atoms. The number of hydrogen-bond acceptors (Lipinski definition) is 2. The summed E-state index contributed by atoms with van der Waals surface area (Å²) in [5.41, 5.74) is 1.53. The van der Waals surface area contributed by atoms with Crippen molar-refractivity contribution in [1.82, 2.24) is 5.32 Å². The fraction of sp³-hybridized carbons (Fsp3) is 0.333. The Morgan fingerprint density at radius 2 is 2.06 bits per heavy atom. The van der Waals surface area contributed by atoms with E-state index in [1.54, 1.807) is 19.1 Å². The molecule has 1 heterocycles. The number of furan rings is 1. The summed E-state index contributed by atoms with van der Waals surface area (Å²) in [7, 11) is 1.84. The molecule has 2 rings (SSSR count). The highest BCUT2D eigenvalue weighted by molar-refractivity contribution is 5.30. The van der Waals surface area contributed by atoms with Crippen molar-refractivity contribution in [2.45, 2.75) is 26.3 Å². The molecule has 3 heteroatoms. The quantitative estimate of drug-likeness (QED) is 0.893. The Morgan fingerprint density at radius 3 is 2.61 bits per heavy atom. The van der Waals surface area contributed by atoms with E-state index in [1.165, 1.54) is 0 Å². The van der Waals surface area contributed by atoms with Crippen molar-refractivity contribution in [1.29, 1.82) is 0 Å². The summed E-state index contributed by atoms with van der Waals surface area (Å²) in [5.74, 6) is 1.57. The lowest BCUT2D eigenvalue weighted by Gasteiger charge is -2.14. The monoisotopic (exact) mass is 247 g/mol. The molecule has 2 nitrogen and oxygen atoms in total. The molecule has 0 fully saturated rings. The Kier molecular flexibility index (Phi) is 3.82. The average Bonchev–Trinajstić information content (AvgIpc) is 2.83. The molecule has 0 aliphatic rings. The number of halogens is 1. The highest BCUT2D eigenvalue weighted by Crippen LogP contribution is 2.25. The number of rotatable bonds is 4. The summed E-state index contributed by atoms with van der Waals surface area (Å²) in [6.45, 7) is 3.80.